The summed E-state index contributed by atoms with van der Waals surface area (Å²) in [5.41, 5.74) is 7.18. The smallest absolute Gasteiger partial charge is 0.253 e. The predicted molar refractivity (Wildman–Crippen MR) is 113 cm³/mol. The maximum absolute atomic E-state index is 12.6. The predicted octanol–water partition coefficient (Wildman–Crippen LogP) is 3.84. The van der Waals surface area contributed by atoms with Gasteiger partial charge in [-0.3, -0.25) is 4.79 Å². The van der Waals surface area contributed by atoms with Crippen LogP contribution in [0.5, 0.6) is 0 Å². The Bertz CT molecular complexity index is 1120. The van der Waals surface area contributed by atoms with Crippen molar-refractivity contribution < 1.29 is 4.79 Å². The van der Waals surface area contributed by atoms with Crippen molar-refractivity contribution in [3.63, 3.8) is 0 Å². The molecule has 0 spiro atoms. The molecule has 3 aromatic rings. The molecular weight excluding hydrogens is 350 g/mol. The fraction of sp³-hybridized carbons (Fsp3) is 0.182. The van der Waals surface area contributed by atoms with E-state index in [0.29, 0.717) is 5.56 Å². The number of aromatic amines is 2. The minimum atomic E-state index is -0.0450. The van der Waals surface area contributed by atoms with Gasteiger partial charge in [0.25, 0.3) is 5.91 Å². The van der Waals surface area contributed by atoms with Crippen molar-refractivity contribution in [1.29, 1.82) is 0 Å². The second-order valence-corrected chi connectivity index (χ2v) is 7.05. The van der Waals surface area contributed by atoms with Gasteiger partial charge < -0.3 is 19.8 Å². The summed E-state index contributed by atoms with van der Waals surface area (Å²) in [6.07, 6.45) is 8.41. The maximum Gasteiger partial charge on any atom is 0.253 e. The van der Waals surface area contributed by atoms with Crippen molar-refractivity contribution in [2.24, 2.45) is 0 Å². The van der Waals surface area contributed by atoms with E-state index < -0.39 is 0 Å². The van der Waals surface area contributed by atoms with E-state index in [1.54, 1.807) is 25.3 Å². The third kappa shape index (κ3) is 2.83. The Balaban J connectivity index is 1.92. The van der Waals surface area contributed by atoms with Crippen LogP contribution in [-0.2, 0) is 0 Å². The van der Waals surface area contributed by atoms with Gasteiger partial charge in [-0.25, -0.2) is 4.98 Å². The summed E-state index contributed by atoms with van der Waals surface area (Å²) in [5.74, 6) is -0.0450. The third-order valence-electron chi connectivity index (χ3n) is 5.00. The van der Waals surface area contributed by atoms with Crippen molar-refractivity contribution >= 4 is 28.2 Å². The largest absolute Gasteiger partial charge is 0.359 e. The minimum absolute atomic E-state index is 0.0450. The van der Waals surface area contributed by atoms with Gasteiger partial charge in [-0.15, -0.1) is 6.58 Å². The fourth-order valence-corrected chi connectivity index (χ4v) is 3.56. The number of hydrogen-bond donors (Lipinski definition) is 2. The SMILES string of the molecule is C=CCCN1C=C(c2cc(C(=O)N(C)C)cc3[nH]cnc23)c2cc[nH]c2C1=C. The first-order valence-electron chi connectivity index (χ1n) is 9.16. The van der Waals surface area contributed by atoms with E-state index in [2.05, 4.69) is 39.2 Å². The van der Waals surface area contributed by atoms with Gasteiger partial charge in [-0.05, 0) is 24.6 Å². The highest BCUT2D eigenvalue weighted by atomic mass is 16.2. The molecule has 0 bridgehead atoms. The number of imidazole rings is 1. The molecule has 1 aromatic carbocycles. The van der Waals surface area contributed by atoms with E-state index >= 15 is 0 Å². The van der Waals surface area contributed by atoms with Crippen molar-refractivity contribution in [3.05, 3.63) is 78.5 Å². The molecule has 1 aliphatic rings. The van der Waals surface area contributed by atoms with Crippen LogP contribution in [0.1, 0.15) is 33.6 Å². The van der Waals surface area contributed by atoms with Crippen molar-refractivity contribution in [2.75, 3.05) is 20.6 Å². The molecule has 0 unspecified atom stereocenters. The zero-order chi connectivity index (χ0) is 19.8. The quantitative estimate of drug-likeness (QED) is 0.668. The van der Waals surface area contributed by atoms with E-state index in [1.165, 1.54) is 0 Å². The Labute approximate surface area is 163 Å². The van der Waals surface area contributed by atoms with Crippen LogP contribution in [0.2, 0.25) is 0 Å². The maximum atomic E-state index is 12.6. The van der Waals surface area contributed by atoms with E-state index in [-0.39, 0.29) is 5.91 Å². The molecule has 6 heteroatoms. The number of rotatable bonds is 5. The molecule has 1 amide bonds. The molecule has 2 aromatic heterocycles. The Morgan fingerprint density at radius 1 is 1.29 bits per heavy atom. The molecule has 2 N–H and O–H groups in total. The molecule has 0 saturated carbocycles. The monoisotopic (exact) mass is 373 g/mol. The first-order valence-corrected chi connectivity index (χ1v) is 9.16. The summed E-state index contributed by atoms with van der Waals surface area (Å²) in [7, 11) is 3.51. The second-order valence-electron chi connectivity index (χ2n) is 7.05. The minimum Gasteiger partial charge on any atom is -0.359 e. The van der Waals surface area contributed by atoms with E-state index in [0.717, 1.165) is 52.1 Å². The number of nitrogens with zero attached hydrogens (tertiary/aromatic N) is 3. The Hall–Kier alpha value is -3.54. The fourth-order valence-electron chi connectivity index (χ4n) is 3.56. The molecule has 6 nitrogen and oxygen atoms in total. The molecule has 0 atom stereocenters. The molecule has 0 radical (unpaired) electrons. The highest BCUT2D eigenvalue weighted by Crippen LogP contribution is 2.38. The number of carbonyl (C=O) groups is 1. The Morgan fingerprint density at radius 3 is 2.86 bits per heavy atom. The Kier molecular flexibility index (Phi) is 4.39. The molecule has 0 fully saturated rings. The number of carbonyl (C=O) groups excluding carboxylic acids is 1. The first-order chi connectivity index (χ1) is 13.5. The molecule has 0 aliphatic carbocycles. The second kappa shape index (κ2) is 6.88. The van der Waals surface area contributed by atoms with Gasteiger partial charge in [0.15, 0.2) is 0 Å². The van der Waals surface area contributed by atoms with Crippen LogP contribution in [0.4, 0.5) is 0 Å². The van der Waals surface area contributed by atoms with Gasteiger partial charge >= 0.3 is 0 Å². The van der Waals surface area contributed by atoms with Crippen LogP contribution in [0.15, 0.2) is 56.2 Å². The van der Waals surface area contributed by atoms with Gasteiger partial charge in [0, 0.05) is 55.3 Å². The average molecular weight is 373 g/mol. The normalized spacial score (nSPS) is 13.4. The number of nitrogens with one attached hydrogen (secondary N) is 2. The van der Waals surface area contributed by atoms with Crippen LogP contribution in [0.25, 0.3) is 22.3 Å². The van der Waals surface area contributed by atoms with Crippen molar-refractivity contribution in [2.45, 2.75) is 6.42 Å². The summed E-state index contributed by atoms with van der Waals surface area (Å²) in [4.78, 5) is 27.3. The lowest BCUT2D eigenvalue weighted by atomic mass is 9.92. The van der Waals surface area contributed by atoms with Gasteiger partial charge in [0.05, 0.1) is 28.8 Å². The summed E-state index contributed by atoms with van der Waals surface area (Å²) < 4.78 is 0. The number of H-pyrrole nitrogens is 2. The summed E-state index contributed by atoms with van der Waals surface area (Å²) in [5, 5.41) is 0. The highest BCUT2D eigenvalue weighted by Gasteiger charge is 2.25. The van der Waals surface area contributed by atoms with Crippen LogP contribution >= 0.6 is 0 Å². The van der Waals surface area contributed by atoms with Crippen LogP contribution < -0.4 is 0 Å². The van der Waals surface area contributed by atoms with Crippen molar-refractivity contribution in [3.8, 4) is 0 Å². The number of benzene rings is 1. The van der Waals surface area contributed by atoms with Gasteiger partial charge in [0.1, 0.15) is 0 Å². The Morgan fingerprint density at radius 2 is 2.11 bits per heavy atom. The lowest BCUT2D eigenvalue weighted by Crippen LogP contribution is -2.23. The molecule has 1 aliphatic heterocycles. The van der Waals surface area contributed by atoms with Gasteiger partial charge in [0.2, 0.25) is 0 Å². The van der Waals surface area contributed by atoms with Crippen LogP contribution in [0, 0.1) is 0 Å². The van der Waals surface area contributed by atoms with Gasteiger partial charge in [-0.1, -0.05) is 12.7 Å². The first kappa shape index (κ1) is 17.9. The highest BCUT2D eigenvalue weighted by molar-refractivity contribution is 6.03. The number of amides is 1. The topological polar surface area (TPSA) is 68.0 Å². The lowest BCUT2D eigenvalue weighted by Gasteiger charge is -2.29. The third-order valence-corrected chi connectivity index (χ3v) is 5.00. The van der Waals surface area contributed by atoms with Crippen LogP contribution in [-0.4, -0.2) is 51.3 Å². The molecule has 28 heavy (non-hydrogen) atoms. The van der Waals surface area contributed by atoms with E-state index in [1.807, 2.05) is 30.5 Å². The average Bonchev–Trinajstić information content (AvgIpc) is 3.35. The standard InChI is InChI=1S/C22H23N5O/c1-5-6-9-27-12-18(16-7-8-23-20(16)14(27)2)17-10-15(22(28)26(3)4)11-19-21(17)25-13-24-19/h5,7-8,10-13,23H,1-2,6,9H2,3-4H3,(H,24,25). The zero-order valence-electron chi connectivity index (χ0n) is 16.1. The van der Waals surface area contributed by atoms with Gasteiger partial charge in [-0.2, -0.15) is 0 Å². The zero-order valence-corrected chi connectivity index (χ0v) is 16.1. The number of aromatic nitrogens is 3. The van der Waals surface area contributed by atoms with E-state index in [9.17, 15) is 4.79 Å². The lowest BCUT2D eigenvalue weighted by molar-refractivity contribution is 0.0827. The van der Waals surface area contributed by atoms with E-state index in [4.69, 9.17) is 0 Å². The molecule has 0 saturated heterocycles. The number of fused-ring (bicyclic) bond motifs is 2. The summed E-state index contributed by atoms with van der Waals surface area (Å²) >= 11 is 0. The number of hydrogen-bond acceptors (Lipinski definition) is 3. The summed E-state index contributed by atoms with van der Waals surface area (Å²) in [6.45, 7) is 8.85. The molecule has 3 heterocycles. The molecule has 142 valence electrons. The van der Waals surface area contributed by atoms with Crippen LogP contribution in [0.3, 0.4) is 0 Å². The van der Waals surface area contributed by atoms with Crippen molar-refractivity contribution in [1.82, 2.24) is 24.8 Å². The molecule has 4 rings (SSSR count). The molecular formula is C22H23N5O. The summed E-state index contributed by atoms with van der Waals surface area (Å²) in [6, 6.07) is 5.81.